The van der Waals surface area contributed by atoms with Gasteiger partial charge in [-0.1, -0.05) is 17.7 Å². The van der Waals surface area contributed by atoms with Crippen LogP contribution in [0, 0.1) is 6.92 Å². The Labute approximate surface area is 109 Å². The second-order valence-electron chi connectivity index (χ2n) is 4.98. The fraction of sp³-hybridized carbons (Fsp3) is 0.571. The second kappa shape index (κ2) is 6.18. The van der Waals surface area contributed by atoms with E-state index in [0.29, 0.717) is 6.54 Å². The van der Waals surface area contributed by atoms with E-state index in [1.165, 1.54) is 5.56 Å². The normalized spacial score (nSPS) is 22.7. The van der Waals surface area contributed by atoms with Crippen molar-refractivity contribution in [1.29, 1.82) is 0 Å². The van der Waals surface area contributed by atoms with Crippen molar-refractivity contribution in [2.75, 3.05) is 26.2 Å². The third kappa shape index (κ3) is 3.98. The van der Waals surface area contributed by atoms with Gasteiger partial charge in [-0.15, -0.1) is 0 Å². The van der Waals surface area contributed by atoms with E-state index in [4.69, 9.17) is 4.74 Å². The third-order valence-corrected chi connectivity index (χ3v) is 3.05. The highest BCUT2D eigenvalue weighted by Gasteiger charge is 2.21. The predicted molar refractivity (Wildman–Crippen MR) is 71.7 cm³/mol. The molecule has 0 bridgehead atoms. The number of nitrogens with zero attached hydrogens (tertiary/aromatic N) is 1. The Hall–Kier alpha value is -1.10. The number of piperazine rings is 1. The summed E-state index contributed by atoms with van der Waals surface area (Å²) in [4.78, 5) is 2.22. The Bertz CT molecular complexity index is 365. The van der Waals surface area contributed by atoms with Crippen LogP contribution >= 0.6 is 0 Å². The van der Waals surface area contributed by atoms with Gasteiger partial charge in [-0.3, -0.25) is 10.2 Å². The van der Waals surface area contributed by atoms with Crippen molar-refractivity contribution >= 4 is 0 Å². The number of rotatable bonds is 4. The molecule has 2 atom stereocenters. The summed E-state index contributed by atoms with van der Waals surface area (Å²) in [6, 6.07) is 8.08. The van der Waals surface area contributed by atoms with E-state index in [1.807, 2.05) is 31.2 Å². The number of aliphatic hydroxyl groups is 1. The molecule has 1 aromatic carbocycles. The lowest BCUT2D eigenvalue weighted by Crippen LogP contribution is -2.54. The molecule has 0 amide bonds. The lowest BCUT2D eigenvalue weighted by molar-refractivity contribution is 0.0462. The first-order chi connectivity index (χ1) is 8.63. The Morgan fingerprint density at radius 1 is 1.44 bits per heavy atom. The molecule has 2 rings (SSSR count). The van der Waals surface area contributed by atoms with Gasteiger partial charge in [-0.25, -0.2) is 0 Å². The van der Waals surface area contributed by atoms with E-state index >= 15 is 0 Å². The molecule has 2 unspecified atom stereocenters. The average Bonchev–Trinajstić information content (AvgIpc) is 2.32. The fourth-order valence-electron chi connectivity index (χ4n) is 2.17. The van der Waals surface area contributed by atoms with E-state index in [2.05, 4.69) is 17.1 Å². The van der Waals surface area contributed by atoms with Gasteiger partial charge in [0, 0.05) is 26.2 Å². The van der Waals surface area contributed by atoms with Crippen LogP contribution in [0.15, 0.2) is 24.3 Å². The minimum atomic E-state index is -0.289. The number of hydrogen-bond donors (Lipinski definition) is 2. The molecule has 1 fully saturated rings. The van der Waals surface area contributed by atoms with Crippen LogP contribution in [-0.2, 0) is 0 Å². The lowest BCUT2D eigenvalue weighted by atomic mass is 10.2. The third-order valence-electron chi connectivity index (χ3n) is 3.05. The summed E-state index contributed by atoms with van der Waals surface area (Å²) in [6.07, 6.45) is -0.289. The van der Waals surface area contributed by atoms with Gasteiger partial charge in [0.2, 0.25) is 0 Å². The van der Waals surface area contributed by atoms with Gasteiger partial charge < -0.3 is 9.84 Å². The molecule has 2 N–H and O–H groups in total. The molecule has 0 spiro atoms. The van der Waals surface area contributed by atoms with Crippen molar-refractivity contribution in [3.8, 4) is 5.75 Å². The van der Waals surface area contributed by atoms with E-state index < -0.39 is 0 Å². The maximum atomic E-state index is 9.41. The maximum Gasteiger partial charge on any atom is 0.163 e. The van der Waals surface area contributed by atoms with Crippen LogP contribution in [0.25, 0.3) is 0 Å². The van der Waals surface area contributed by atoms with Crippen molar-refractivity contribution in [1.82, 2.24) is 10.2 Å². The molecule has 1 aliphatic rings. The summed E-state index contributed by atoms with van der Waals surface area (Å²) in [5.74, 6) is 0.886. The van der Waals surface area contributed by atoms with Crippen LogP contribution in [0.3, 0.4) is 0 Å². The molecule has 0 aliphatic carbocycles. The van der Waals surface area contributed by atoms with Crippen LogP contribution in [0.5, 0.6) is 5.75 Å². The number of ether oxygens (including phenoxy) is 1. The molecule has 4 nitrogen and oxygen atoms in total. The summed E-state index contributed by atoms with van der Waals surface area (Å²) in [5.41, 5.74) is 1.23. The Kier molecular flexibility index (Phi) is 4.58. The van der Waals surface area contributed by atoms with Crippen LogP contribution < -0.4 is 10.1 Å². The highest BCUT2D eigenvalue weighted by Crippen LogP contribution is 2.14. The maximum absolute atomic E-state index is 9.41. The highest BCUT2D eigenvalue weighted by atomic mass is 16.5. The Balaban J connectivity index is 1.87. The number of benzene rings is 1. The number of nitrogens with one attached hydrogen (secondary N) is 1. The van der Waals surface area contributed by atoms with Crippen molar-refractivity contribution in [2.24, 2.45) is 0 Å². The predicted octanol–water partition coefficient (Wildman–Crippen LogP) is 0.986. The van der Waals surface area contributed by atoms with Gasteiger partial charge in [-0.05, 0) is 26.0 Å². The first-order valence-corrected chi connectivity index (χ1v) is 6.50. The van der Waals surface area contributed by atoms with Gasteiger partial charge >= 0.3 is 0 Å². The van der Waals surface area contributed by atoms with Crippen molar-refractivity contribution in [3.63, 3.8) is 0 Å². The van der Waals surface area contributed by atoms with Gasteiger partial charge in [0.05, 0.1) is 6.10 Å². The fourth-order valence-corrected chi connectivity index (χ4v) is 2.17. The highest BCUT2D eigenvalue weighted by molar-refractivity contribution is 5.26. The SMILES string of the molecule is Cc1ccc(OC2CN(CC(C)O)CCN2)cc1. The van der Waals surface area contributed by atoms with Crippen molar-refractivity contribution in [3.05, 3.63) is 29.8 Å². The zero-order valence-corrected chi connectivity index (χ0v) is 11.1. The Morgan fingerprint density at radius 2 is 2.17 bits per heavy atom. The first kappa shape index (κ1) is 13.3. The quantitative estimate of drug-likeness (QED) is 0.836. The molecule has 0 saturated carbocycles. The lowest BCUT2D eigenvalue weighted by Gasteiger charge is -2.34. The molecule has 1 aliphatic heterocycles. The second-order valence-corrected chi connectivity index (χ2v) is 4.98. The number of aryl methyl sites for hydroxylation is 1. The topological polar surface area (TPSA) is 44.7 Å². The molecule has 18 heavy (non-hydrogen) atoms. The minimum absolute atomic E-state index is 0.000191. The monoisotopic (exact) mass is 250 g/mol. The summed E-state index contributed by atoms with van der Waals surface area (Å²) >= 11 is 0. The Morgan fingerprint density at radius 3 is 2.83 bits per heavy atom. The van der Waals surface area contributed by atoms with Gasteiger partial charge in [0.15, 0.2) is 6.23 Å². The zero-order valence-electron chi connectivity index (χ0n) is 11.1. The van der Waals surface area contributed by atoms with Crippen molar-refractivity contribution < 1.29 is 9.84 Å². The number of β-amino-alcohol motifs (C(OH)–C–C–N with tert-alkyl or cyclic N) is 1. The van der Waals surface area contributed by atoms with E-state index in [9.17, 15) is 5.11 Å². The summed E-state index contributed by atoms with van der Waals surface area (Å²) < 4.78 is 5.89. The summed E-state index contributed by atoms with van der Waals surface area (Å²) in [5, 5.41) is 12.7. The van der Waals surface area contributed by atoms with Crippen molar-refractivity contribution in [2.45, 2.75) is 26.2 Å². The van der Waals surface area contributed by atoms with Gasteiger partial charge in [0.25, 0.3) is 0 Å². The summed E-state index contributed by atoms with van der Waals surface area (Å²) in [6.45, 7) is 7.24. The molecule has 1 aromatic rings. The molecular weight excluding hydrogens is 228 g/mol. The summed E-state index contributed by atoms with van der Waals surface area (Å²) in [7, 11) is 0. The standard InChI is InChI=1S/C14H22N2O2/c1-11-3-5-13(6-4-11)18-14-10-16(8-7-15-14)9-12(2)17/h3-6,12,14-15,17H,7-10H2,1-2H3. The smallest absolute Gasteiger partial charge is 0.163 e. The molecule has 0 aromatic heterocycles. The van der Waals surface area contributed by atoms with E-state index in [1.54, 1.807) is 0 Å². The van der Waals surface area contributed by atoms with Crippen LogP contribution in [0.1, 0.15) is 12.5 Å². The number of hydrogen-bond acceptors (Lipinski definition) is 4. The molecule has 0 radical (unpaired) electrons. The minimum Gasteiger partial charge on any atom is -0.474 e. The largest absolute Gasteiger partial charge is 0.474 e. The van der Waals surface area contributed by atoms with Crippen LogP contribution in [0.4, 0.5) is 0 Å². The van der Waals surface area contributed by atoms with Gasteiger partial charge in [0.1, 0.15) is 5.75 Å². The molecule has 4 heteroatoms. The van der Waals surface area contributed by atoms with E-state index in [-0.39, 0.29) is 12.3 Å². The van der Waals surface area contributed by atoms with E-state index in [0.717, 1.165) is 25.4 Å². The molecule has 1 saturated heterocycles. The molecule has 100 valence electrons. The molecule has 1 heterocycles. The molecular formula is C14H22N2O2. The average molecular weight is 250 g/mol. The van der Waals surface area contributed by atoms with Gasteiger partial charge in [-0.2, -0.15) is 0 Å². The first-order valence-electron chi connectivity index (χ1n) is 6.50. The van der Waals surface area contributed by atoms with Crippen LogP contribution in [-0.4, -0.2) is 48.5 Å². The van der Waals surface area contributed by atoms with Crippen LogP contribution in [0.2, 0.25) is 0 Å². The number of aliphatic hydroxyl groups excluding tert-OH is 1. The zero-order chi connectivity index (χ0) is 13.0.